The lowest BCUT2D eigenvalue weighted by molar-refractivity contribution is -0.130. The van der Waals surface area contributed by atoms with E-state index in [1.54, 1.807) is 23.1 Å². The summed E-state index contributed by atoms with van der Waals surface area (Å²) in [6.07, 6.45) is 3.48. The van der Waals surface area contributed by atoms with Crippen molar-refractivity contribution in [2.24, 2.45) is 0 Å². The molecule has 7 nitrogen and oxygen atoms in total. The second-order valence-electron chi connectivity index (χ2n) is 5.06. The third kappa shape index (κ3) is 3.13. The fourth-order valence-electron chi connectivity index (χ4n) is 2.39. The van der Waals surface area contributed by atoms with Crippen LogP contribution in [0.3, 0.4) is 0 Å². The van der Waals surface area contributed by atoms with Crippen molar-refractivity contribution in [3.63, 3.8) is 0 Å². The molecule has 1 aliphatic heterocycles. The Bertz CT molecular complexity index is 669. The molecule has 1 aromatic carbocycles. The smallest absolute Gasteiger partial charge is 0.339 e. The molecule has 22 heavy (non-hydrogen) atoms. The molecule has 0 fully saturated rings. The van der Waals surface area contributed by atoms with Crippen molar-refractivity contribution >= 4 is 11.9 Å². The van der Waals surface area contributed by atoms with Crippen molar-refractivity contribution in [2.45, 2.75) is 25.5 Å². The third-order valence-corrected chi connectivity index (χ3v) is 3.51. The van der Waals surface area contributed by atoms with Crippen LogP contribution in [0, 0.1) is 0 Å². The summed E-state index contributed by atoms with van der Waals surface area (Å²) in [6, 6.07) is 7.19. The number of nitrogens with zero attached hydrogens (tertiary/aromatic N) is 3. The van der Waals surface area contributed by atoms with Gasteiger partial charge in [0.2, 0.25) is 0 Å². The van der Waals surface area contributed by atoms with E-state index in [1.807, 2.05) is 12.1 Å². The first-order valence-corrected chi connectivity index (χ1v) is 7.13. The van der Waals surface area contributed by atoms with Crippen LogP contribution in [0.25, 0.3) is 0 Å². The van der Waals surface area contributed by atoms with Crippen LogP contribution in [0.1, 0.15) is 22.3 Å². The highest BCUT2D eigenvalue weighted by molar-refractivity contribution is 5.95. The second-order valence-corrected chi connectivity index (χ2v) is 5.06. The summed E-state index contributed by atoms with van der Waals surface area (Å²) in [4.78, 5) is 27.8. The summed E-state index contributed by atoms with van der Waals surface area (Å²) in [5, 5.41) is 6.77. The molecule has 1 amide bonds. The molecular weight excluding hydrogens is 284 g/mol. The van der Waals surface area contributed by atoms with E-state index in [9.17, 15) is 9.59 Å². The molecule has 0 aliphatic carbocycles. The second kappa shape index (κ2) is 6.38. The van der Waals surface area contributed by atoms with Crippen LogP contribution >= 0.6 is 0 Å². The van der Waals surface area contributed by atoms with Gasteiger partial charge in [0.1, 0.15) is 12.7 Å². The first-order valence-electron chi connectivity index (χ1n) is 7.13. The minimum absolute atomic E-state index is 0.263. The Morgan fingerprint density at radius 1 is 1.41 bits per heavy atom. The van der Waals surface area contributed by atoms with Gasteiger partial charge >= 0.3 is 5.97 Å². The Morgan fingerprint density at radius 2 is 2.27 bits per heavy atom. The van der Waals surface area contributed by atoms with Gasteiger partial charge < -0.3 is 10.1 Å². The summed E-state index contributed by atoms with van der Waals surface area (Å²) >= 11 is 0. The van der Waals surface area contributed by atoms with Crippen molar-refractivity contribution in [1.82, 2.24) is 20.1 Å². The van der Waals surface area contributed by atoms with Gasteiger partial charge in [-0.2, -0.15) is 5.10 Å². The molecule has 0 saturated carbocycles. The molecule has 114 valence electrons. The van der Waals surface area contributed by atoms with Crippen molar-refractivity contribution < 1.29 is 14.3 Å². The normalized spacial score (nSPS) is 16.7. The maximum absolute atomic E-state index is 12.1. The number of hydrogen-bond acceptors (Lipinski definition) is 5. The molecule has 0 radical (unpaired) electrons. The molecule has 7 heteroatoms. The zero-order valence-electron chi connectivity index (χ0n) is 11.9. The van der Waals surface area contributed by atoms with Crippen LogP contribution in [0.15, 0.2) is 36.9 Å². The summed E-state index contributed by atoms with van der Waals surface area (Å²) in [5.41, 5.74) is 1.39. The molecule has 1 atom stereocenters. The molecule has 2 heterocycles. The van der Waals surface area contributed by atoms with Gasteiger partial charge in [-0.1, -0.05) is 18.2 Å². The number of nitrogens with one attached hydrogen (secondary N) is 1. The summed E-state index contributed by atoms with van der Waals surface area (Å²) in [6.45, 7) is 1.17. The minimum Gasteiger partial charge on any atom is -0.448 e. The molecule has 0 unspecified atom stereocenters. The van der Waals surface area contributed by atoms with Gasteiger partial charge in [-0.25, -0.2) is 9.78 Å². The van der Waals surface area contributed by atoms with Gasteiger partial charge in [-0.3, -0.25) is 9.48 Å². The number of ether oxygens (including phenoxy) is 1. The number of carbonyl (C=O) groups excluding carboxylic acids is 2. The largest absolute Gasteiger partial charge is 0.448 e. The van der Waals surface area contributed by atoms with Gasteiger partial charge in [-0.15, -0.1) is 0 Å². The quantitative estimate of drug-likeness (QED) is 0.644. The molecule has 1 N–H and O–H groups in total. The predicted octanol–water partition coefficient (Wildman–Crippen LogP) is 0.566. The van der Waals surface area contributed by atoms with Crippen molar-refractivity contribution in [3.8, 4) is 0 Å². The fourth-order valence-corrected chi connectivity index (χ4v) is 2.39. The Morgan fingerprint density at radius 3 is 3.09 bits per heavy atom. The fraction of sp³-hybridized carbons (Fsp3) is 0.333. The molecule has 0 saturated heterocycles. The number of aromatic nitrogens is 3. The lowest BCUT2D eigenvalue weighted by atomic mass is 9.98. The standard InChI is InChI=1S/C15H16N4O3/c20-14(17-6-3-7-19-10-16-9-18-19)13-8-11-4-1-2-5-12(11)15(21)22-13/h1-2,4-5,9-10,13H,3,6-8H2,(H,17,20)/t13-/m1/s1. The minimum atomic E-state index is -0.756. The van der Waals surface area contributed by atoms with Gasteiger partial charge in [0.05, 0.1) is 5.56 Å². The van der Waals surface area contributed by atoms with E-state index >= 15 is 0 Å². The molecule has 1 aromatic heterocycles. The molecule has 0 bridgehead atoms. The molecule has 0 spiro atoms. The maximum Gasteiger partial charge on any atom is 0.339 e. The predicted molar refractivity (Wildman–Crippen MR) is 77.0 cm³/mol. The SMILES string of the molecule is O=C1O[C@@H](C(=O)NCCCn2cncn2)Cc2ccccc21. The highest BCUT2D eigenvalue weighted by Crippen LogP contribution is 2.20. The maximum atomic E-state index is 12.1. The zero-order chi connectivity index (χ0) is 15.4. The van der Waals surface area contributed by atoms with Gasteiger partial charge in [0.15, 0.2) is 6.10 Å². The van der Waals surface area contributed by atoms with Gasteiger partial charge in [-0.05, 0) is 18.1 Å². The Hall–Kier alpha value is -2.70. The number of amides is 1. The lowest BCUT2D eigenvalue weighted by Gasteiger charge is -2.23. The van der Waals surface area contributed by atoms with Crippen LogP contribution in [0.4, 0.5) is 0 Å². The molecule has 3 rings (SSSR count). The first kappa shape index (κ1) is 14.2. The average Bonchev–Trinajstić information content (AvgIpc) is 3.04. The first-order chi connectivity index (χ1) is 10.7. The molecule has 2 aromatic rings. The number of fused-ring (bicyclic) bond motifs is 1. The van der Waals surface area contributed by atoms with E-state index < -0.39 is 12.1 Å². The summed E-state index contributed by atoms with van der Waals surface area (Å²) in [7, 11) is 0. The van der Waals surface area contributed by atoms with Crippen LogP contribution in [0.5, 0.6) is 0 Å². The van der Waals surface area contributed by atoms with Gasteiger partial charge in [0, 0.05) is 19.5 Å². The monoisotopic (exact) mass is 300 g/mol. The number of rotatable bonds is 5. The lowest BCUT2D eigenvalue weighted by Crippen LogP contribution is -2.42. The van der Waals surface area contributed by atoms with E-state index in [0.29, 0.717) is 25.1 Å². The molecule has 1 aliphatic rings. The van der Waals surface area contributed by atoms with Crippen LogP contribution in [-0.2, 0) is 22.5 Å². The highest BCUT2D eigenvalue weighted by atomic mass is 16.5. The van der Waals surface area contributed by atoms with Crippen LogP contribution in [0.2, 0.25) is 0 Å². The Kier molecular flexibility index (Phi) is 4.13. The van der Waals surface area contributed by atoms with Crippen molar-refractivity contribution in [3.05, 3.63) is 48.0 Å². The summed E-state index contributed by atoms with van der Waals surface area (Å²) in [5.74, 6) is -0.703. The Labute approximate surface area is 127 Å². The summed E-state index contributed by atoms with van der Waals surface area (Å²) < 4.78 is 6.90. The van der Waals surface area contributed by atoms with E-state index in [2.05, 4.69) is 15.4 Å². The zero-order valence-corrected chi connectivity index (χ0v) is 11.9. The number of hydrogen-bond donors (Lipinski definition) is 1. The average molecular weight is 300 g/mol. The number of carbonyl (C=O) groups is 2. The molecular formula is C15H16N4O3. The van der Waals surface area contributed by atoms with Crippen LogP contribution < -0.4 is 5.32 Å². The van der Waals surface area contributed by atoms with E-state index in [1.165, 1.54) is 6.33 Å². The Balaban J connectivity index is 1.50. The van der Waals surface area contributed by atoms with E-state index in [4.69, 9.17) is 4.74 Å². The van der Waals surface area contributed by atoms with Crippen molar-refractivity contribution in [1.29, 1.82) is 0 Å². The van der Waals surface area contributed by atoms with Crippen molar-refractivity contribution in [2.75, 3.05) is 6.54 Å². The van der Waals surface area contributed by atoms with E-state index in [0.717, 1.165) is 12.0 Å². The number of benzene rings is 1. The highest BCUT2D eigenvalue weighted by Gasteiger charge is 2.30. The van der Waals surface area contributed by atoms with Crippen LogP contribution in [-0.4, -0.2) is 39.3 Å². The topological polar surface area (TPSA) is 86.1 Å². The third-order valence-electron chi connectivity index (χ3n) is 3.51. The van der Waals surface area contributed by atoms with Gasteiger partial charge in [0.25, 0.3) is 5.91 Å². The number of esters is 1. The van der Waals surface area contributed by atoms with E-state index in [-0.39, 0.29) is 5.91 Å². The number of cyclic esters (lactones) is 1. The number of aryl methyl sites for hydroxylation is 1.